The first-order valence-electron chi connectivity index (χ1n) is 4.98. The molecule has 0 aliphatic heterocycles. The van der Waals surface area contributed by atoms with Crippen molar-refractivity contribution in [2.75, 3.05) is 33.7 Å². The molecule has 0 heterocycles. The molecule has 0 aromatic carbocycles. The smallest absolute Gasteiger partial charge is 0.137 e. The minimum Gasteiger partial charge on any atom is -0.341 e. The predicted molar refractivity (Wildman–Crippen MR) is 61.7 cm³/mol. The highest BCUT2D eigenvalue weighted by atomic mass is 28.2. The maximum Gasteiger partial charge on any atom is 0.137 e. The minimum atomic E-state index is -0.0920. The summed E-state index contributed by atoms with van der Waals surface area (Å²) in [6.07, 6.45) is 0. The van der Waals surface area contributed by atoms with Crippen molar-refractivity contribution in [1.82, 2.24) is 20.5 Å². The zero-order chi connectivity index (χ0) is 10.3. The lowest BCUT2D eigenvalue weighted by atomic mass is 10.2. The Balaban J connectivity index is 4.50. The second-order valence-corrected chi connectivity index (χ2v) is 3.77. The van der Waals surface area contributed by atoms with E-state index in [9.17, 15) is 0 Å². The van der Waals surface area contributed by atoms with Gasteiger partial charge in [-0.2, -0.15) is 0 Å². The summed E-state index contributed by atoms with van der Waals surface area (Å²) in [5.74, 6) is -0.0920. The molecule has 0 amide bonds. The maximum absolute atomic E-state index is 3.34. The van der Waals surface area contributed by atoms with Crippen LogP contribution in [0.15, 0.2) is 0 Å². The largest absolute Gasteiger partial charge is 0.341 e. The van der Waals surface area contributed by atoms with Gasteiger partial charge in [0.15, 0.2) is 0 Å². The Hall–Kier alpha value is 0.0569. The first-order chi connectivity index (χ1) is 6.20. The van der Waals surface area contributed by atoms with E-state index in [1.54, 1.807) is 0 Å². The van der Waals surface area contributed by atoms with Crippen molar-refractivity contribution < 1.29 is 0 Å². The van der Waals surface area contributed by atoms with E-state index in [0.29, 0.717) is 0 Å². The fourth-order valence-electron chi connectivity index (χ4n) is 1.75. The average molecular weight is 204 g/mol. The van der Waals surface area contributed by atoms with Crippen LogP contribution in [0.25, 0.3) is 0 Å². The highest BCUT2D eigenvalue weighted by Gasteiger charge is 2.30. The van der Waals surface area contributed by atoms with Crippen LogP contribution >= 0.6 is 0 Å². The van der Waals surface area contributed by atoms with E-state index in [-0.39, 0.29) is 5.79 Å². The quantitative estimate of drug-likeness (QED) is 0.341. The van der Waals surface area contributed by atoms with Crippen LogP contribution in [0.1, 0.15) is 13.8 Å². The molecule has 0 atom stereocenters. The molecule has 0 aromatic rings. The Kier molecular flexibility index (Phi) is 6.53. The van der Waals surface area contributed by atoms with Crippen LogP contribution in [0.3, 0.4) is 0 Å². The lowest BCUT2D eigenvalue weighted by Crippen LogP contribution is -2.70. The standard InChI is InChI=1S/C8H24N4Si/c1-5-12(6-2)8(9-3,10-4)7-11-13/h9-11H,5-7H2,1-4,13H3. The second-order valence-electron chi connectivity index (χ2n) is 3.06. The molecule has 5 heteroatoms. The summed E-state index contributed by atoms with van der Waals surface area (Å²) < 4.78 is 0. The van der Waals surface area contributed by atoms with Crippen molar-refractivity contribution in [3.8, 4) is 0 Å². The van der Waals surface area contributed by atoms with Gasteiger partial charge < -0.3 is 4.98 Å². The molecule has 0 bridgehead atoms. The third-order valence-electron chi connectivity index (χ3n) is 2.56. The van der Waals surface area contributed by atoms with Crippen molar-refractivity contribution >= 4 is 10.4 Å². The van der Waals surface area contributed by atoms with Crippen LogP contribution in [0.5, 0.6) is 0 Å². The van der Waals surface area contributed by atoms with E-state index in [1.165, 1.54) is 0 Å². The van der Waals surface area contributed by atoms with Gasteiger partial charge in [0, 0.05) is 6.54 Å². The molecule has 4 nitrogen and oxygen atoms in total. The molecule has 0 unspecified atom stereocenters. The number of nitrogens with one attached hydrogen (secondary N) is 3. The van der Waals surface area contributed by atoms with Crippen molar-refractivity contribution in [1.29, 1.82) is 0 Å². The second kappa shape index (κ2) is 6.50. The van der Waals surface area contributed by atoms with Crippen LogP contribution in [0.4, 0.5) is 0 Å². The van der Waals surface area contributed by atoms with Crippen LogP contribution in [-0.4, -0.2) is 54.8 Å². The highest BCUT2D eigenvalue weighted by molar-refractivity contribution is 6.04. The van der Waals surface area contributed by atoms with Crippen molar-refractivity contribution in [3.63, 3.8) is 0 Å². The Morgan fingerprint density at radius 2 is 1.62 bits per heavy atom. The molecule has 0 rings (SSSR count). The SMILES string of the molecule is CCN(CC)C(CN[SiH3])(NC)NC. The van der Waals surface area contributed by atoms with E-state index >= 15 is 0 Å². The normalized spacial score (nSPS) is 12.7. The Labute approximate surface area is 85.0 Å². The molecule has 0 aromatic heterocycles. The van der Waals surface area contributed by atoms with E-state index in [1.807, 2.05) is 14.1 Å². The summed E-state index contributed by atoms with van der Waals surface area (Å²) in [5.41, 5.74) is 0. The van der Waals surface area contributed by atoms with Crippen molar-refractivity contribution in [3.05, 3.63) is 0 Å². The first kappa shape index (κ1) is 13.1. The lowest BCUT2D eigenvalue weighted by Gasteiger charge is -2.42. The minimum absolute atomic E-state index is 0.0920. The number of rotatable bonds is 7. The average Bonchev–Trinajstić information content (AvgIpc) is 2.18. The first-order valence-corrected chi connectivity index (χ1v) is 5.98. The zero-order valence-electron chi connectivity index (χ0n) is 9.57. The molecule has 0 saturated heterocycles. The maximum atomic E-state index is 3.34. The number of likely N-dealkylation sites (N-methyl/N-ethyl adjacent to an activating group) is 3. The van der Waals surface area contributed by atoms with E-state index < -0.39 is 0 Å². The summed E-state index contributed by atoms with van der Waals surface area (Å²) in [4.78, 5) is 5.70. The lowest BCUT2D eigenvalue weighted by molar-refractivity contribution is 0.0497. The molecule has 0 aliphatic rings. The van der Waals surface area contributed by atoms with Gasteiger partial charge in [0.05, 0.1) is 10.4 Å². The molecule has 0 aliphatic carbocycles. The third-order valence-corrected chi connectivity index (χ3v) is 2.92. The molecule has 3 N–H and O–H groups in total. The van der Waals surface area contributed by atoms with Gasteiger partial charge in [0.25, 0.3) is 0 Å². The summed E-state index contributed by atoms with van der Waals surface area (Å²) in [5, 5.41) is 6.69. The summed E-state index contributed by atoms with van der Waals surface area (Å²) in [6, 6.07) is 0. The topological polar surface area (TPSA) is 39.3 Å². The Morgan fingerprint density at radius 3 is 1.85 bits per heavy atom. The molecule has 80 valence electrons. The molecular formula is C8H24N4Si. The molecule has 13 heavy (non-hydrogen) atoms. The zero-order valence-corrected chi connectivity index (χ0v) is 11.6. The van der Waals surface area contributed by atoms with Crippen molar-refractivity contribution in [2.24, 2.45) is 0 Å². The van der Waals surface area contributed by atoms with Crippen LogP contribution in [-0.2, 0) is 0 Å². The fraction of sp³-hybridized carbons (Fsp3) is 1.00. The van der Waals surface area contributed by atoms with E-state index in [2.05, 4.69) is 34.4 Å². The van der Waals surface area contributed by atoms with E-state index in [0.717, 1.165) is 30.0 Å². The predicted octanol–water partition coefficient (Wildman–Crippen LogP) is -1.71. The molecule has 0 radical (unpaired) electrons. The van der Waals surface area contributed by atoms with Crippen molar-refractivity contribution in [2.45, 2.75) is 19.6 Å². The monoisotopic (exact) mass is 204 g/mol. The van der Waals surface area contributed by atoms with Gasteiger partial charge >= 0.3 is 0 Å². The van der Waals surface area contributed by atoms with Gasteiger partial charge in [-0.25, -0.2) is 0 Å². The van der Waals surface area contributed by atoms with Gasteiger partial charge in [-0.3, -0.25) is 15.5 Å². The molecule has 0 spiro atoms. The van der Waals surface area contributed by atoms with Gasteiger partial charge in [0.2, 0.25) is 0 Å². The van der Waals surface area contributed by atoms with Crippen LogP contribution in [0.2, 0.25) is 0 Å². The summed E-state index contributed by atoms with van der Waals surface area (Å²) in [7, 11) is 5.01. The fourth-order valence-corrected chi connectivity index (χ4v) is 2.26. The summed E-state index contributed by atoms with van der Waals surface area (Å²) >= 11 is 0. The number of hydrogen-bond acceptors (Lipinski definition) is 4. The summed E-state index contributed by atoms with van der Waals surface area (Å²) in [6.45, 7) is 7.39. The number of nitrogens with zero attached hydrogens (tertiary/aromatic N) is 1. The van der Waals surface area contributed by atoms with Gasteiger partial charge in [-0.05, 0) is 27.2 Å². The third kappa shape index (κ3) is 3.03. The van der Waals surface area contributed by atoms with Gasteiger partial charge in [-0.15, -0.1) is 0 Å². The van der Waals surface area contributed by atoms with Crippen LogP contribution in [0, 0.1) is 0 Å². The Morgan fingerprint density at radius 1 is 1.15 bits per heavy atom. The number of hydrogen-bond donors (Lipinski definition) is 3. The van der Waals surface area contributed by atoms with Crippen LogP contribution < -0.4 is 15.6 Å². The molecular weight excluding hydrogens is 180 g/mol. The van der Waals surface area contributed by atoms with Gasteiger partial charge in [0.1, 0.15) is 5.79 Å². The Bertz CT molecular complexity index is 123. The van der Waals surface area contributed by atoms with Gasteiger partial charge in [-0.1, -0.05) is 13.8 Å². The highest BCUT2D eigenvalue weighted by Crippen LogP contribution is 2.05. The molecule has 0 saturated carbocycles. The molecule has 0 fully saturated rings. The van der Waals surface area contributed by atoms with E-state index in [4.69, 9.17) is 0 Å².